The van der Waals surface area contributed by atoms with Gasteiger partial charge in [0.25, 0.3) is 0 Å². The molecule has 102 valence electrons. The van der Waals surface area contributed by atoms with Crippen LogP contribution < -0.4 is 14.2 Å². The summed E-state index contributed by atoms with van der Waals surface area (Å²) < 4.78 is 16.0. The molecule has 2 heterocycles. The van der Waals surface area contributed by atoms with Gasteiger partial charge in [0.15, 0.2) is 11.5 Å². The Morgan fingerprint density at radius 1 is 1.25 bits per heavy atom. The highest BCUT2D eigenvalue weighted by molar-refractivity contribution is 5.88. The molecule has 0 atom stereocenters. The normalized spacial score (nSPS) is 12.2. The second-order valence-electron chi connectivity index (χ2n) is 4.26. The number of pyridine rings is 1. The van der Waals surface area contributed by atoms with E-state index in [9.17, 15) is 4.79 Å². The SMILES string of the molecule is Cc1cc(C(=O)O)cc(Oc2ccc3c(c2)OCO3)n1. The van der Waals surface area contributed by atoms with Crippen LogP contribution in [0.4, 0.5) is 0 Å². The number of carbonyl (C=O) groups is 1. The average Bonchev–Trinajstić information content (AvgIpc) is 2.85. The van der Waals surface area contributed by atoms with Crippen LogP contribution in [0.2, 0.25) is 0 Å². The number of carboxylic acids is 1. The number of nitrogens with zero attached hydrogens (tertiary/aromatic N) is 1. The number of fused-ring (bicyclic) bond motifs is 1. The van der Waals surface area contributed by atoms with Crippen LogP contribution in [0.1, 0.15) is 16.1 Å². The summed E-state index contributed by atoms with van der Waals surface area (Å²) in [5, 5.41) is 9.01. The largest absolute Gasteiger partial charge is 0.478 e. The predicted molar refractivity (Wildman–Crippen MR) is 68.6 cm³/mol. The third-order valence-corrected chi connectivity index (χ3v) is 2.74. The topological polar surface area (TPSA) is 77.9 Å². The molecule has 1 aromatic carbocycles. The maximum absolute atomic E-state index is 11.0. The van der Waals surface area contributed by atoms with Gasteiger partial charge in [-0.1, -0.05) is 0 Å². The van der Waals surface area contributed by atoms with Crippen molar-refractivity contribution in [1.29, 1.82) is 0 Å². The maximum Gasteiger partial charge on any atom is 0.335 e. The highest BCUT2D eigenvalue weighted by Crippen LogP contribution is 2.36. The summed E-state index contributed by atoms with van der Waals surface area (Å²) >= 11 is 0. The van der Waals surface area contributed by atoms with Crippen molar-refractivity contribution in [3.8, 4) is 23.1 Å². The van der Waals surface area contributed by atoms with E-state index in [1.807, 2.05) is 0 Å². The summed E-state index contributed by atoms with van der Waals surface area (Å²) in [5.74, 6) is 0.949. The van der Waals surface area contributed by atoms with Gasteiger partial charge in [-0.3, -0.25) is 0 Å². The smallest absolute Gasteiger partial charge is 0.335 e. The first-order chi connectivity index (χ1) is 9.61. The van der Waals surface area contributed by atoms with Gasteiger partial charge in [-0.2, -0.15) is 0 Å². The summed E-state index contributed by atoms with van der Waals surface area (Å²) in [6.07, 6.45) is 0. The molecule has 0 spiro atoms. The fraction of sp³-hybridized carbons (Fsp3) is 0.143. The lowest BCUT2D eigenvalue weighted by Gasteiger charge is -2.07. The third kappa shape index (κ3) is 2.35. The van der Waals surface area contributed by atoms with Gasteiger partial charge < -0.3 is 19.3 Å². The zero-order chi connectivity index (χ0) is 14.1. The second-order valence-corrected chi connectivity index (χ2v) is 4.26. The first kappa shape index (κ1) is 12.3. The minimum Gasteiger partial charge on any atom is -0.478 e. The fourth-order valence-electron chi connectivity index (χ4n) is 1.87. The monoisotopic (exact) mass is 273 g/mol. The van der Waals surface area contributed by atoms with Crippen LogP contribution in [-0.2, 0) is 0 Å². The molecule has 1 N–H and O–H groups in total. The number of ether oxygens (including phenoxy) is 3. The second kappa shape index (κ2) is 4.73. The van der Waals surface area contributed by atoms with Crippen molar-refractivity contribution in [2.24, 2.45) is 0 Å². The number of hydrogen-bond acceptors (Lipinski definition) is 5. The van der Waals surface area contributed by atoms with E-state index in [1.165, 1.54) is 12.1 Å². The molecule has 1 aliphatic rings. The predicted octanol–water partition coefficient (Wildman–Crippen LogP) is 2.61. The Balaban J connectivity index is 1.89. The van der Waals surface area contributed by atoms with Crippen LogP contribution in [0.15, 0.2) is 30.3 Å². The Kier molecular flexibility index (Phi) is 2.90. The fourth-order valence-corrected chi connectivity index (χ4v) is 1.87. The third-order valence-electron chi connectivity index (χ3n) is 2.74. The standard InChI is InChI=1S/C14H11NO5/c1-8-4-9(14(16)17)5-13(15-8)20-10-2-3-11-12(6-10)19-7-18-11/h2-6H,7H2,1H3,(H,16,17). The molecule has 0 amide bonds. The Hall–Kier alpha value is -2.76. The zero-order valence-corrected chi connectivity index (χ0v) is 10.6. The summed E-state index contributed by atoms with van der Waals surface area (Å²) in [5.41, 5.74) is 0.703. The minimum absolute atomic E-state index is 0.133. The number of carboxylic acid groups (broad SMARTS) is 1. The minimum atomic E-state index is -1.02. The molecule has 6 heteroatoms. The zero-order valence-electron chi connectivity index (χ0n) is 10.6. The summed E-state index contributed by atoms with van der Waals surface area (Å²) in [4.78, 5) is 15.1. The highest BCUT2D eigenvalue weighted by Gasteiger charge is 2.15. The van der Waals surface area contributed by atoms with Gasteiger partial charge in [0.2, 0.25) is 12.7 Å². The lowest BCUT2D eigenvalue weighted by atomic mass is 10.2. The van der Waals surface area contributed by atoms with Crippen molar-refractivity contribution in [3.05, 3.63) is 41.6 Å². The van der Waals surface area contributed by atoms with Gasteiger partial charge in [0.05, 0.1) is 5.56 Å². The van der Waals surface area contributed by atoms with E-state index in [2.05, 4.69) is 4.98 Å². The van der Waals surface area contributed by atoms with Crippen LogP contribution in [-0.4, -0.2) is 22.9 Å². The molecule has 0 radical (unpaired) electrons. The first-order valence-corrected chi connectivity index (χ1v) is 5.91. The van der Waals surface area contributed by atoms with E-state index >= 15 is 0 Å². The number of aromatic carboxylic acids is 1. The molecule has 6 nitrogen and oxygen atoms in total. The van der Waals surface area contributed by atoms with Gasteiger partial charge in [-0.05, 0) is 25.1 Å². The van der Waals surface area contributed by atoms with Crippen LogP contribution in [0.25, 0.3) is 0 Å². The molecule has 1 aliphatic heterocycles. The lowest BCUT2D eigenvalue weighted by molar-refractivity contribution is 0.0696. The molecule has 0 bridgehead atoms. The van der Waals surface area contributed by atoms with E-state index < -0.39 is 5.97 Å². The summed E-state index contributed by atoms with van der Waals surface area (Å²) in [6, 6.07) is 7.96. The maximum atomic E-state index is 11.0. The molecular weight excluding hydrogens is 262 g/mol. The van der Waals surface area contributed by atoms with E-state index in [-0.39, 0.29) is 18.2 Å². The molecule has 0 aliphatic carbocycles. The van der Waals surface area contributed by atoms with E-state index in [1.54, 1.807) is 25.1 Å². The molecule has 1 aromatic heterocycles. The Bertz CT molecular complexity index is 683. The molecule has 0 saturated carbocycles. The molecule has 20 heavy (non-hydrogen) atoms. The lowest BCUT2D eigenvalue weighted by Crippen LogP contribution is -1.99. The van der Waals surface area contributed by atoms with E-state index in [4.69, 9.17) is 19.3 Å². The molecule has 0 fully saturated rings. The van der Waals surface area contributed by atoms with E-state index in [0.29, 0.717) is 22.9 Å². The Morgan fingerprint density at radius 3 is 2.85 bits per heavy atom. The quantitative estimate of drug-likeness (QED) is 0.926. The van der Waals surface area contributed by atoms with Crippen molar-refractivity contribution < 1.29 is 24.1 Å². The highest BCUT2D eigenvalue weighted by atomic mass is 16.7. The van der Waals surface area contributed by atoms with Crippen LogP contribution in [0, 0.1) is 6.92 Å². The molecular formula is C14H11NO5. The van der Waals surface area contributed by atoms with Crippen LogP contribution in [0.5, 0.6) is 23.1 Å². The van der Waals surface area contributed by atoms with Crippen LogP contribution >= 0.6 is 0 Å². The summed E-state index contributed by atoms with van der Waals surface area (Å²) in [6.45, 7) is 1.89. The van der Waals surface area contributed by atoms with Crippen molar-refractivity contribution >= 4 is 5.97 Å². The number of hydrogen-bond donors (Lipinski definition) is 1. The van der Waals surface area contributed by atoms with Gasteiger partial charge in [0, 0.05) is 17.8 Å². The first-order valence-electron chi connectivity index (χ1n) is 5.91. The molecule has 3 rings (SSSR count). The average molecular weight is 273 g/mol. The Morgan fingerprint density at radius 2 is 2.05 bits per heavy atom. The number of aryl methyl sites for hydroxylation is 1. The van der Waals surface area contributed by atoms with Crippen molar-refractivity contribution in [1.82, 2.24) is 4.98 Å². The molecule has 0 unspecified atom stereocenters. The summed E-state index contributed by atoms with van der Waals surface area (Å²) in [7, 11) is 0. The van der Waals surface area contributed by atoms with Gasteiger partial charge in [-0.25, -0.2) is 9.78 Å². The van der Waals surface area contributed by atoms with Crippen LogP contribution in [0.3, 0.4) is 0 Å². The molecule has 0 saturated heterocycles. The van der Waals surface area contributed by atoms with Crippen molar-refractivity contribution in [2.75, 3.05) is 6.79 Å². The molecule has 2 aromatic rings. The van der Waals surface area contributed by atoms with Gasteiger partial charge in [-0.15, -0.1) is 0 Å². The van der Waals surface area contributed by atoms with Gasteiger partial charge in [0.1, 0.15) is 5.75 Å². The number of aromatic nitrogens is 1. The van der Waals surface area contributed by atoms with E-state index in [0.717, 1.165) is 0 Å². The number of benzene rings is 1. The van der Waals surface area contributed by atoms with Gasteiger partial charge >= 0.3 is 5.97 Å². The van der Waals surface area contributed by atoms with Crippen molar-refractivity contribution in [2.45, 2.75) is 6.92 Å². The Labute approximate surface area is 114 Å². The van der Waals surface area contributed by atoms with Crippen molar-refractivity contribution in [3.63, 3.8) is 0 Å². The number of rotatable bonds is 3.